The minimum Gasteiger partial charge on any atom is -0.387 e. The minimum atomic E-state index is -5.77. The Hall–Kier alpha value is -1.89. The van der Waals surface area contributed by atoms with E-state index in [0.717, 1.165) is 10.8 Å². The summed E-state index contributed by atoms with van der Waals surface area (Å²) in [7, 11) is -15.3. The van der Waals surface area contributed by atoms with Crippen LogP contribution in [0.4, 0.5) is 0 Å². The lowest BCUT2D eigenvalue weighted by molar-refractivity contribution is -0.0228. The van der Waals surface area contributed by atoms with E-state index in [1.54, 1.807) is 7.05 Å². The van der Waals surface area contributed by atoms with Crippen LogP contribution in [0.15, 0.2) is 22.0 Å². The lowest BCUT2D eigenvalue weighted by atomic mass is 10.0. The monoisotopic (exact) mass is 579 g/mol. The van der Waals surface area contributed by atoms with Gasteiger partial charge in [0.2, 0.25) is 0 Å². The molecule has 23 heteroatoms. The van der Waals surface area contributed by atoms with Gasteiger partial charge in [0.15, 0.2) is 0 Å². The molecule has 3 rings (SSSR count). The number of aliphatic hydroxyl groups is 2. The molecule has 20 nitrogen and oxygen atoms in total. The van der Waals surface area contributed by atoms with E-state index in [9.17, 15) is 38.4 Å². The Bertz CT molecular complexity index is 1370. The first kappa shape index (κ1) is 28.7. The number of nitrogens with one attached hydrogen (secondary N) is 1. The van der Waals surface area contributed by atoms with Crippen molar-refractivity contribution in [1.82, 2.24) is 24.5 Å². The van der Waals surface area contributed by atoms with Crippen LogP contribution in [0, 0.1) is 0 Å². The molecule has 7 N–H and O–H groups in total. The van der Waals surface area contributed by atoms with Crippen molar-refractivity contribution >= 4 is 23.5 Å². The normalized spacial score (nSPS) is 26.0. The van der Waals surface area contributed by atoms with Crippen molar-refractivity contribution in [3.8, 4) is 0 Å². The number of ether oxygens (including phenoxy) is 1. The van der Waals surface area contributed by atoms with E-state index in [-0.39, 0.29) is 12.1 Å². The van der Waals surface area contributed by atoms with Crippen LogP contribution in [-0.4, -0.2) is 79.3 Å². The lowest BCUT2D eigenvalue weighted by Crippen LogP contribution is -2.36. The largest absolute Gasteiger partial charge is 0.490 e. The van der Waals surface area contributed by atoms with Gasteiger partial charge in [0.1, 0.15) is 30.1 Å². The molecule has 0 aliphatic carbocycles. The molecule has 1 fully saturated rings. The predicted octanol–water partition coefficient (Wildman–Crippen LogP) is -2.78. The number of aromatic nitrogens is 5. The third-order valence-electron chi connectivity index (χ3n) is 4.51. The van der Waals surface area contributed by atoms with Crippen molar-refractivity contribution in [2.24, 2.45) is 7.05 Å². The van der Waals surface area contributed by atoms with Gasteiger partial charge in [-0.15, -0.1) is 5.10 Å². The highest BCUT2D eigenvalue weighted by Crippen LogP contribution is 2.66. The maximum atomic E-state index is 12.3. The number of phosphoric ester groups is 1. The fourth-order valence-corrected chi connectivity index (χ4v) is 6.13. The fraction of sp³-hybridized carbons (Fsp3) is 0.538. The molecule has 0 saturated carbocycles. The van der Waals surface area contributed by atoms with Crippen LogP contribution in [0.5, 0.6) is 0 Å². The minimum absolute atomic E-state index is 0.128. The Morgan fingerprint density at radius 3 is 2.31 bits per heavy atom. The molecule has 6 atom stereocenters. The summed E-state index contributed by atoms with van der Waals surface area (Å²) in [6.45, 7) is -1.20. The molecule has 2 aromatic rings. The first-order valence-electron chi connectivity index (χ1n) is 9.45. The number of hydrogen-bond acceptors (Lipinski definition) is 13. The van der Waals surface area contributed by atoms with Crippen LogP contribution in [-0.2, 0) is 45.2 Å². The first-order chi connectivity index (χ1) is 16.5. The van der Waals surface area contributed by atoms with E-state index >= 15 is 0 Å². The average Bonchev–Trinajstić information content (AvgIpc) is 3.23. The molecule has 0 bridgehead atoms. The molecular formula is C13H20N5O15P3. The molecule has 3 unspecified atom stereocenters. The Morgan fingerprint density at radius 2 is 1.72 bits per heavy atom. The summed E-state index contributed by atoms with van der Waals surface area (Å²) < 4.78 is 53.1. The molecule has 1 aliphatic rings. The summed E-state index contributed by atoms with van der Waals surface area (Å²) >= 11 is 0. The van der Waals surface area contributed by atoms with Crippen LogP contribution in [0.1, 0.15) is 17.4 Å². The zero-order valence-electron chi connectivity index (χ0n) is 17.9. The van der Waals surface area contributed by atoms with Gasteiger partial charge in [-0.2, -0.15) is 8.62 Å². The third kappa shape index (κ3) is 7.33. The maximum Gasteiger partial charge on any atom is 0.490 e. The number of aromatic amines is 1. The van der Waals surface area contributed by atoms with Gasteiger partial charge in [-0.05, 0) is 0 Å². The summed E-state index contributed by atoms with van der Waals surface area (Å²) in [6, 6.07) is 0. The number of nitrogens with zero attached hydrogens (tertiary/aromatic N) is 4. The highest BCUT2D eigenvalue weighted by atomic mass is 31.3. The summed E-state index contributed by atoms with van der Waals surface area (Å²) in [4.78, 5) is 62.2. The van der Waals surface area contributed by atoms with Crippen molar-refractivity contribution in [3.05, 3.63) is 44.5 Å². The van der Waals surface area contributed by atoms with Crippen molar-refractivity contribution in [2.75, 3.05) is 6.61 Å². The van der Waals surface area contributed by atoms with Crippen molar-refractivity contribution in [1.29, 1.82) is 0 Å². The van der Waals surface area contributed by atoms with Crippen LogP contribution in [0.3, 0.4) is 0 Å². The smallest absolute Gasteiger partial charge is 0.387 e. The maximum absolute atomic E-state index is 12.3. The van der Waals surface area contributed by atoms with Crippen molar-refractivity contribution in [2.45, 2.75) is 31.0 Å². The topological polar surface area (TPSA) is 295 Å². The molecule has 0 aromatic carbocycles. The Kier molecular flexibility index (Phi) is 8.34. The van der Waals surface area contributed by atoms with Crippen LogP contribution < -0.4 is 11.2 Å². The highest BCUT2D eigenvalue weighted by molar-refractivity contribution is 7.66. The summed E-state index contributed by atoms with van der Waals surface area (Å²) in [5.41, 5.74) is -1.77. The average molecular weight is 579 g/mol. The zero-order chi connectivity index (χ0) is 27.1. The Balaban J connectivity index is 1.73. The van der Waals surface area contributed by atoms with Gasteiger partial charge in [-0.25, -0.2) is 18.5 Å². The molecule has 202 valence electrons. The van der Waals surface area contributed by atoms with E-state index in [1.807, 2.05) is 4.98 Å². The number of rotatable bonds is 10. The van der Waals surface area contributed by atoms with Crippen molar-refractivity contribution in [3.63, 3.8) is 0 Å². The van der Waals surface area contributed by atoms with Gasteiger partial charge >= 0.3 is 29.2 Å². The summed E-state index contributed by atoms with van der Waals surface area (Å²) in [6.07, 6.45) is -4.27. The van der Waals surface area contributed by atoms with Crippen LogP contribution >= 0.6 is 23.5 Å². The van der Waals surface area contributed by atoms with Crippen molar-refractivity contribution < 1.29 is 61.4 Å². The van der Waals surface area contributed by atoms with Gasteiger partial charge in [0.25, 0.3) is 5.56 Å². The predicted molar refractivity (Wildman–Crippen MR) is 111 cm³/mol. The van der Waals surface area contributed by atoms with Gasteiger partial charge in [-0.1, -0.05) is 5.21 Å². The quantitative estimate of drug-likeness (QED) is 0.140. The number of hydrogen-bond donors (Lipinski definition) is 7. The standard InChI is InChI=1S/C13H20N5O15P3/c1-17-2-6(15-16-17)3-18-4-7(12(21)14-13(18)22)11-10(20)9(19)8(31-11)5-30-35(26,27)33-36(28,29)32-34(23,24)25/h2,4,8-11,19-20H,3,5H2,1H3,(H,26,27)(H,28,29)(H,14,21,22)(H2,23,24,25)/t8-,9?,10+,11+/m1/s1. The molecule has 36 heavy (non-hydrogen) atoms. The molecule has 0 radical (unpaired) electrons. The second-order valence-corrected chi connectivity index (χ2v) is 11.7. The number of aryl methyl sites for hydroxylation is 1. The Labute approximate surface area is 199 Å². The highest BCUT2D eigenvalue weighted by Gasteiger charge is 2.47. The molecular weight excluding hydrogens is 559 g/mol. The van der Waals surface area contributed by atoms with E-state index in [2.05, 4.69) is 23.5 Å². The van der Waals surface area contributed by atoms with E-state index in [0.29, 0.717) is 5.69 Å². The molecule has 0 amide bonds. The molecule has 0 spiro atoms. The third-order valence-corrected chi connectivity index (χ3v) is 8.31. The summed E-state index contributed by atoms with van der Waals surface area (Å²) in [5.74, 6) is 0. The number of H-pyrrole nitrogens is 1. The fourth-order valence-electron chi connectivity index (χ4n) is 3.10. The van der Waals surface area contributed by atoms with Gasteiger partial charge in [-0.3, -0.25) is 23.6 Å². The zero-order valence-corrected chi connectivity index (χ0v) is 20.5. The van der Waals surface area contributed by atoms with E-state index < -0.39 is 65.7 Å². The SMILES string of the molecule is Cn1cc(Cn2cc([C@@H]3O[C@H](COP(=O)(O)OP(=O)(O)OP(=O)(O)O)C(O)[C@@H]3O)c(=O)[nH]c2=O)nn1. The molecule has 2 aromatic heterocycles. The van der Waals surface area contributed by atoms with Gasteiger partial charge in [0.05, 0.1) is 18.7 Å². The van der Waals surface area contributed by atoms with Gasteiger partial charge < -0.3 is 34.5 Å². The summed E-state index contributed by atoms with van der Waals surface area (Å²) in [5, 5.41) is 28.1. The van der Waals surface area contributed by atoms with E-state index in [1.165, 1.54) is 10.9 Å². The van der Waals surface area contributed by atoms with Crippen LogP contribution in [0.25, 0.3) is 0 Å². The first-order valence-corrected chi connectivity index (χ1v) is 14.0. The number of phosphoric acid groups is 3. The Morgan fingerprint density at radius 1 is 1.06 bits per heavy atom. The molecule has 1 aliphatic heterocycles. The van der Waals surface area contributed by atoms with E-state index in [4.69, 9.17) is 19.4 Å². The second-order valence-electron chi connectivity index (χ2n) is 7.32. The molecule has 3 heterocycles. The lowest BCUT2D eigenvalue weighted by Gasteiger charge is -2.19. The molecule has 1 saturated heterocycles. The second kappa shape index (κ2) is 10.5. The number of aliphatic hydroxyl groups excluding tert-OH is 2. The van der Waals surface area contributed by atoms with Gasteiger partial charge in [0, 0.05) is 19.4 Å². The van der Waals surface area contributed by atoms with Crippen LogP contribution in [0.2, 0.25) is 0 Å².